The fraction of sp³-hybridized carbons (Fsp3) is 0.174. The number of ether oxygens (including phenoxy) is 2. The maximum Gasteiger partial charge on any atom is 0.262 e. The van der Waals surface area contributed by atoms with Gasteiger partial charge in [0.1, 0.15) is 11.5 Å². The van der Waals surface area contributed by atoms with Crippen molar-refractivity contribution in [2.75, 3.05) is 29.6 Å². The van der Waals surface area contributed by atoms with Crippen LogP contribution in [0.4, 0.5) is 17.1 Å². The lowest BCUT2D eigenvalue weighted by Gasteiger charge is -2.16. The average molecular weight is 472 g/mol. The Balaban J connectivity index is 1.79. The van der Waals surface area contributed by atoms with Crippen molar-refractivity contribution in [3.63, 3.8) is 0 Å². The number of benzene rings is 3. The summed E-state index contributed by atoms with van der Waals surface area (Å²) in [6.07, 6.45) is 0. The van der Waals surface area contributed by atoms with Crippen molar-refractivity contribution in [2.24, 2.45) is 0 Å². The van der Waals surface area contributed by atoms with Gasteiger partial charge < -0.3 is 20.1 Å². The van der Waals surface area contributed by atoms with Crippen LogP contribution >= 0.6 is 12.2 Å². The molecule has 3 N–H and O–H groups in total. The van der Waals surface area contributed by atoms with E-state index in [1.54, 1.807) is 30.3 Å². The predicted octanol–water partition coefficient (Wildman–Crippen LogP) is 4.93. The van der Waals surface area contributed by atoms with Gasteiger partial charge in [-0.3, -0.25) is 4.72 Å². The second-order valence-electron chi connectivity index (χ2n) is 7.12. The molecular weight excluding hydrogens is 446 g/mol. The number of para-hydroxylation sites is 2. The van der Waals surface area contributed by atoms with E-state index in [0.29, 0.717) is 28.0 Å². The van der Waals surface area contributed by atoms with Gasteiger partial charge in [-0.15, -0.1) is 0 Å². The van der Waals surface area contributed by atoms with Gasteiger partial charge >= 0.3 is 0 Å². The van der Waals surface area contributed by atoms with Crippen molar-refractivity contribution in [3.05, 3.63) is 71.8 Å². The summed E-state index contributed by atoms with van der Waals surface area (Å²) in [5, 5.41) is 6.55. The van der Waals surface area contributed by atoms with Crippen molar-refractivity contribution in [2.45, 2.75) is 18.7 Å². The summed E-state index contributed by atoms with van der Waals surface area (Å²) in [7, 11) is -0.927. The first-order chi connectivity index (χ1) is 15.2. The molecule has 3 aromatic carbocycles. The molecule has 9 heteroatoms. The Morgan fingerprint density at radius 3 is 2.12 bits per heavy atom. The molecule has 0 aliphatic carbocycles. The van der Waals surface area contributed by atoms with Gasteiger partial charge in [0.25, 0.3) is 10.0 Å². The Labute approximate surface area is 193 Å². The second kappa shape index (κ2) is 9.88. The van der Waals surface area contributed by atoms with Crippen LogP contribution in [0.25, 0.3) is 0 Å². The number of sulfonamides is 1. The molecule has 168 valence electrons. The predicted molar refractivity (Wildman–Crippen MR) is 133 cm³/mol. The zero-order valence-electron chi connectivity index (χ0n) is 18.2. The highest BCUT2D eigenvalue weighted by Crippen LogP contribution is 2.31. The third-order valence-electron chi connectivity index (χ3n) is 4.56. The van der Waals surface area contributed by atoms with E-state index < -0.39 is 10.0 Å². The third-order valence-corrected chi connectivity index (χ3v) is 6.13. The molecule has 0 aliphatic rings. The number of thiocarbonyl (C=S) groups is 1. The Bertz CT molecular complexity index is 1220. The molecule has 0 saturated carbocycles. The molecule has 0 spiro atoms. The fourth-order valence-electron chi connectivity index (χ4n) is 3.21. The molecule has 0 amide bonds. The molecule has 3 aromatic rings. The number of rotatable bonds is 7. The number of aryl methyl sites for hydroxylation is 2. The van der Waals surface area contributed by atoms with Crippen LogP contribution in [0.5, 0.6) is 11.5 Å². The minimum Gasteiger partial charge on any atom is -0.495 e. The van der Waals surface area contributed by atoms with Crippen LogP contribution in [0, 0.1) is 13.8 Å². The monoisotopic (exact) mass is 471 g/mol. The van der Waals surface area contributed by atoms with Crippen molar-refractivity contribution in [3.8, 4) is 11.5 Å². The molecule has 3 rings (SSSR count). The molecule has 32 heavy (non-hydrogen) atoms. The number of nitrogens with one attached hydrogen (secondary N) is 3. The van der Waals surface area contributed by atoms with Gasteiger partial charge in [0.2, 0.25) is 0 Å². The third kappa shape index (κ3) is 5.68. The summed E-state index contributed by atoms with van der Waals surface area (Å²) in [5.74, 6) is 0.751. The minimum atomic E-state index is -3.87. The fourth-order valence-corrected chi connectivity index (χ4v) is 4.52. The lowest BCUT2D eigenvalue weighted by atomic mass is 10.1. The molecule has 0 aliphatic heterocycles. The molecule has 0 saturated heterocycles. The molecule has 0 atom stereocenters. The first-order valence-corrected chi connectivity index (χ1v) is 11.6. The average Bonchev–Trinajstić information content (AvgIpc) is 2.73. The van der Waals surface area contributed by atoms with E-state index in [2.05, 4.69) is 21.4 Å². The first-order valence-electron chi connectivity index (χ1n) is 9.72. The van der Waals surface area contributed by atoms with Gasteiger partial charge in [-0.05, 0) is 73.6 Å². The quantitative estimate of drug-likeness (QED) is 0.421. The maximum atomic E-state index is 12.9. The molecule has 0 aromatic heterocycles. The lowest BCUT2D eigenvalue weighted by Crippen LogP contribution is -2.20. The second-order valence-corrected chi connectivity index (χ2v) is 9.21. The van der Waals surface area contributed by atoms with Gasteiger partial charge in [-0.25, -0.2) is 8.42 Å². The highest BCUT2D eigenvalue weighted by Gasteiger charge is 2.19. The van der Waals surface area contributed by atoms with Crippen molar-refractivity contribution < 1.29 is 17.9 Å². The maximum absolute atomic E-state index is 12.9. The summed E-state index contributed by atoms with van der Waals surface area (Å²) >= 11 is 5.41. The van der Waals surface area contributed by atoms with E-state index in [4.69, 9.17) is 21.7 Å². The Morgan fingerprint density at radius 1 is 0.812 bits per heavy atom. The summed E-state index contributed by atoms with van der Waals surface area (Å²) in [6.45, 7) is 4.02. The summed E-state index contributed by atoms with van der Waals surface area (Å²) < 4.78 is 38.9. The molecular formula is C23H25N3O4S2. The Kier molecular flexibility index (Phi) is 7.22. The molecule has 7 nitrogen and oxygen atoms in total. The van der Waals surface area contributed by atoms with E-state index in [1.807, 2.05) is 26.0 Å². The largest absolute Gasteiger partial charge is 0.495 e. The summed E-state index contributed by atoms with van der Waals surface area (Å²) in [4.78, 5) is 0.0407. The van der Waals surface area contributed by atoms with E-state index in [9.17, 15) is 8.42 Å². The molecule has 0 radical (unpaired) electrons. The molecule has 0 fully saturated rings. The van der Waals surface area contributed by atoms with Gasteiger partial charge in [0, 0.05) is 11.8 Å². The summed E-state index contributed by atoms with van der Waals surface area (Å²) in [6, 6.07) is 17.3. The number of methoxy groups -OCH3 is 2. The Morgan fingerprint density at radius 2 is 1.47 bits per heavy atom. The van der Waals surface area contributed by atoms with E-state index in [1.165, 1.54) is 26.4 Å². The van der Waals surface area contributed by atoms with Crippen LogP contribution in [0.15, 0.2) is 65.6 Å². The van der Waals surface area contributed by atoms with Crippen LogP contribution in [-0.4, -0.2) is 27.7 Å². The van der Waals surface area contributed by atoms with E-state index >= 15 is 0 Å². The zero-order valence-corrected chi connectivity index (χ0v) is 19.9. The minimum absolute atomic E-state index is 0.0407. The standard InChI is InChI=1S/C23H25N3O4S2/c1-15-11-16(2)13-17(12-15)24-23(31)25-19-10-9-18(14-22(19)30-4)32(27,28)26-20-7-5-6-8-21(20)29-3/h5-14,26H,1-4H3,(H2,24,25,31). The number of hydrogen-bond donors (Lipinski definition) is 3. The smallest absolute Gasteiger partial charge is 0.262 e. The van der Waals surface area contributed by atoms with Crippen LogP contribution in [-0.2, 0) is 10.0 Å². The van der Waals surface area contributed by atoms with Gasteiger partial charge in [-0.2, -0.15) is 0 Å². The van der Waals surface area contributed by atoms with E-state index in [-0.39, 0.29) is 4.90 Å². The van der Waals surface area contributed by atoms with Gasteiger partial charge in [-0.1, -0.05) is 18.2 Å². The molecule has 0 heterocycles. The Hall–Kier alpha value is -3.30. The SMILES string of the molecule is COc1cc(S(=O)(=O)Nc2ccccc2OC)ccc1NC(=S)Nc1cc(C)cc(C)c1. The molecule has 0 unspecified atom stereocenters. The van der Waals surface area contributed by atoms with Crippen LogP contribution in [0.1, 0.15) is 11.1 Å². The van der Waals surface area contributed by atoms with Crippen LogP contribution < -0.4 is 24.8 Å². The number of anilines is 3. The number of hydrogen-bond acceptors (Lipinski definition) is 5. The molecule has 0 bridgehead atoms. The zero-order chi connectivity index (χ0) is 23.3. The lowest BCUT2D eigenvalue weighted by molar-refractivity contribution is 0.415. The topological polar surface area (TPSA) is 88.7 Å². The normalized spacial score (nSPS) is 10.9. The van der Waals surface area contributed by atoms with Crippen molar-refractivity contribution >= 4 is 44.4 Å². The van der Waals surface area contributed by atoms with Crippen LogP contribution in [0.3, 0.4) is 0 Å². The van der Waals surface area contributed by atoms with Gasteiger partial charge in [0.05, 0.1) is 30.5 Å². The van der Waals surface area contributed by atoms with Crippen molar-refractivity contribution in [1.82, 2.24) is 0 Å². The highest BCUT2D eigenvalue weighted by molar-refractivity contribution is 7.92. The van der Waals surface area contributed by atoms with Crippen LogP contribution in [0.2, 0.25) is 0 Å². The first kappa shape index (κ1) is 23.4. The van der Waals surface area contributed by atoms with Crippen molar-refractivity contribution in [1.29, 1.82) is 0 Å². The summed E-state index contributed by atoms with van der Waals surface area (Å²) in [5.41, 5.74) is 3.97. The highest BCUT2D eigenvalue weighted by atomic mass is 32.2. The van der Waals surface area contributed by atoms with E-state index in [0.717, 1.165) is 16.8 Å². The van der Waals surface area contributed by atoms with Gasteiger partial charge in [0.15, 0.2) is 5.11 Å².